The zero-order valence-corrected chi connectivity index (χ0v) is 14.7. The van der Waals surface area contributed by atoms with E-state index in [4.69, 9.17) is 46.4 Å². The van der Waals surface area contributed by atoms with E-state index >= 15 is 0 Å². The maximum absolute atomic E-state index is 12.7. The zero-order valence-electron chi connectivity index (χ0n) is 11.7. The number of phenols is 1. The fourth-order valence-corrected chi connectivity index (χ4v) is 2.41. The Labute approximate surface area is 154 Å². The Morgan fingerprint density at radius 1 is 1.00 bits per heavy atom. The minimum atomic E-state index is -1.84. The first-order valence-corrected chi connectivity index (χ1v) is 8.21. The highest BCUT2D eigenvalue weighted by atomic mass is 35.6. The molecule has 0 aliphatic heterocycles. The van der Waals surface area contributed by atoms with Gasteiger partial charge < -0.3 is 10.4 Å². The number of nitrogens with one attached hydrogen (secondary N) is 1. The molecule has 2 atom stereocenters. The van der Waals surface area contributed by atoms with Crippen LogP contribution in [0.4, 0.5) is 0 Å². The number of benzene rings is 2. The van der Waals surface area contributed by atoms with E-state index in [1.165, 1.54) is 12.1 Å². The average Bonchev–Trinajstić information content (AvgIpc) is 2.47. The van der Waals surface area contributed by atoms with Gasteiger partial charge in [-0.25, -0.2) is 0 Å². The fourth-order valence-electron chi connectivity index (χ4n) is 2.14. The summed E-state index contributed by atoms with van der Waals surface area (Å²) in [6.45, 7) is 0. The smallest absolute Gasteiger partial charge is 0.233 e. The van der Waals surface area contributed by atoms with Crippen molar-refractivity contribution >= 4 is 52.3 Å². The summed E-state index contributed by atoms with van der Waals surface area (Å²) in [6.07, 6.45) is 0. The SMILES string of the molecule is O=C(NC(Cl)C(Cl)(Cl)Cl)C(c1ccccc1)c1cccc(O)c1. The lowest BCUT2D eigenvalue weighted by Gasteiger charge is -2.23. The summed E-state index contributed by atoms with van der Waals surface area (Å²) in [5.41, 5.74) is 0.134. The van der Waals surface area contributed by atoms with E-state index in [0.29, 0.717) is 5.56 Å². The number of hydrogen-bond acceptors (Lipinski definition) is 2. The van der Waals surface area contributed by atoms with Gasteiger partial charge in [-0.15, -0.1) is 0 Å². The molecule has 2 unspecified atom stereocenters. The summed E-state index contributed by atoms with van der Waals surface area (Å²) >= 11 is 23.0. The molecular weight excluding hydrogens is 380 g/mol. The molecule has 0 aliphatic rings. The normalized spacial score (nSPS) is 14.1. The van der Waals surface area contributed by atoms with Crippen LogP contribution in [0.5, 0.6) is 5.75 Å². The van der Waals surface area contributed by atoms with Crippen molar-refractivity contribution in [3.05, 3.63) is 65.7 Å². The third-order valence-corrected chi connectivity index (χ3v) is 4.58. The lowest BCUT2D eigenvalue weighted by atomic mass is 9.90. The Bertz CT molecular complexity index is 673. The van der Waals surface area contributed by atoms with Crippen LogP contribution in [0.3, 0.4) is 0 Å². The molecule has 0 saturated carbocycles. The molecule has 0 bridgehead atoms. The molecule has 0 spiro atoms. The molecule has 0 fully saturated rings. The predicted octanol–water partition coefficient (Wildman–Crippen LogP) is 4.58. The third-order valence-electron chi connectivity index (χ3n) is 3.16. The molecule has 2 aromatic carbocycles. The van der Waals surface area contributed by atoms with Crippen molar-refractivity contribution in [2.24, 2.45) is 0 Å². The summed E-state index contributed by atoms with van der Waals surface area (Å²) in [6, 6.07) is 15.5. The van der Waals surface area contributed by atoms with Gasteiger partial charge in [0.15, 0.2) is 5.50 Å². The van der Waals surface area contributed by atoms with E-state index in [2.05, 4.69) is 5.32 Å². The van der Waals surface area contributed by atoms with Crippen LogP contribution in [-0.2, 0) is 4.79 Å². The Morgan fingerprint density at radius 3 is 2.17 bits per heavy atom. The van der Waals surface area contributed by atoms with Gasteiger partial charge in [0.1, 0.15) is 5.75 Å². The molecule has 0 radical (unpaired) electrons. The summed E-state index contributed by atoms with van der Waals surface area (Å²) in [7, 11) is 0. The summed E-state index contributed by atoms with van der Waals surface area (Å²) < 4.78 is -1.84. The van der Waals surface area contributed by atoms with Gasteiger partial charge in [-0.3, -0.25) is 4.79 Å². The largest absolute Gasteiger partial charge is 0.508 e. The van der Waals surface area contributed by atoms with Crippen LogP contribution in [0.25, 0.3) is 0 Å². The molecule has 23 heavy (non-hydrogen) atoms. The quantitative estimate of drug-likeness (QED) is 0.591. The Hall–Kier alpha value is -1.13. The first-order valence-electron chi connectivity index (χ1n) is 6.64. The molecule has 2 aromatic rings. The molecule has 2 N–H and O–H groups in total. The first-order chi connectivity index (χ1) is 10.8. The lowest BCUT2D eigenvalue weighted by Crippen LogP contribution is -2.42. The van der Waals surface area contributed by atoms with Crippen LogP contribution in [0.1, 0.15) is 17.0 Å². The number of aromatic hydroxyl groups is 1. The standard InChI is InChI=1S/C16H13Cl4NO2/c17-15(16(18,19)20)21-14(23)13(10-5-2-1-3-6-10)11-7-4-8-12(22)9-11/h1-9,13,15,22H,(H,21,23). The molecule has 1 amide bonds. The van der Waals surface area contributed by atoms with Crippen LogP contribution in [0, 0.1) is 0 Å². The first kappa shape index (κ1) is 18.2. The van der Waals surface area contributed by atoms with Crippen LogP contribution >= 0.6 is 46.4 Å². The van der Waals surface area contributed by atoms with Crippen molar-refractivity contribution in [1.82, 2.24) is 5.32 Å². The number of alkyl halides is 4. The van der Waals surface area contributed by atoms with Gasteiger partial charge in [0.2, 0.25) is 9.70 Å². The molecule has 0 heterocycles. The van der Waals surface area contributed by atoms with Crippen molar-refractivity contribution in [3.63, 3.8) is 0 Å². The number of carbonyl (C=O) groups excluding carboxylic acids is 1. The van der Waals surface area contributed by atoms with Crippen molar-refractivity contribution in [2.45, 2.75) is 15.2 Å². The lowest BCUT2D eigenvalue weighted by molar-refractivity contribution is -0.121. The van der Waals surface area contributed by atoms with Crippen LogP contribution in [0.15, 0.2) is 54.6 Å². The molecule has 0 aromatic heterocycles. The van der Waals surface area contributed by atoms with Gasteiger partial charge in [-0.05, 0) is 23.3 Å². The number of hydrogen-bond donors (Lipinski definition) is 2. The van der Waals surface area contributed by atoms with Gasteiger partial charge in [0.25, 0.3) is 0 Å². The van der Waals surface area contributed by atoms with E-state index in [1.54, 1.807) is 24.3 Å². The molecule has 0 saturated heterocycles. The van der Waals surface area contributed by atoms with E-state index in [9.17, 15) is 9.90 Å². The molecular formula is C16H13Cl4NO2. The van der Waals surface area contributed by atoms with Gasteiger partial charge in [-0.2, -0.15) is 0 Å². The number of phenolic OH excluding ortho intramolecular Hbond substituents is 1. The second-order valence-corrected chi connectivity index (χ2v) is 7.66. The van der Waals surface area contributed by atoms with Crippen LogP contribution < -0.4 is 5.32 Å². The minimum Gasteiger partial charge on any atom is -0.508 e. The summed E-state index contributed by atoms with van der Waals surface area (Å²) in [5.74, 6) is -1.08. The highest BCUT2D eigenvalue weighted by molar-refractivity contribution is 6.70. The maximum atomic E-state index is 12.7. The Morgan fingerprint density at radius 2 is 1.61 bits per heavy atom. The molecule has 2 rings (SSSR count). The second kappa shape index (κ2) is 7.63. The topological polar surface area (TPSA) is 49.3 Å². The Kier molecular flexibility index (Phi) is 6.04. The van der Waals surface area contributed by atoms with Gasteiger partial charge in [0.05, 0.1) is 5.92 Å². The number of amides is 1. The van der Waals surface area contributed by atoms with E-state index in [1.807, 2.05) is 18.2 Å². The van der Waals surface area contributed by atoms with Crippen molar-refractivity contribution < 1.29 is 9.90 Å². The maximum Gasteiger partial charge on any atom is 0.233 e. The highest BCUT2D eigenvalue weighted by Crippen LogP contribution is 2.34. The monoisotopic (exact) mass is 391 g/mol. The van der Waals surface area contributed by atoms with Crippen molar-refractivity contribution in [1.29, 1.82) is 0 Å². The van der Waals surface area contributed by atoms with E-state index in [0.717, 1.165) is 5.56 Å². The van der Waals surface area contributed by atoms with Crippen molar-refractivity contribution in [2.75, 3.05) is 0 Å². The molecule has 122 valence electrons. The number of halogens is 4. The predicted molar refractivity (Wildman–Crippen MR) is 94.5 cm³/mol. The fraction of sp³-hybridized carbons (Fsp3) is 0.188. The minimum absolute atomic E-state index is 0.0556. The number of carbonyl (C=O) groups is 1. The summed E-state index contributed by atoms with van der Waals surface area (Å²) in [4.78, 5) is 12.7. The van der Waals surface area contributed by atoms with Gasteiger partial charge in [-0.1, -0.05) is 88.9 Å². The number of rotatable bonds is 4. The van der Waals surface area contributed by atoms with E-state index in [-0.39, 0.29) is 5.75 Å². The van der Waals surface area contributed by atoms with Gasteiger partial charge in [0, 0.05) is 0 Å². The van der Waals surface area contributed by atoms with Crippen molar-refractivity contribution in [3.8, 4) is 5.75 Å². The van der Waals surface area contributed by atoms with Crippen LogP contribution in [-0.4, -0.2) is 20.3 Å². The average molecular weight is 393 g/mol. The Balaban J connectivity index is 2.37. The van der Waals surface area contributed by atoms with E-state index < -0.39 is 21.1 Å². The van der Waals surface area contributed by atoms with Crippen LogP contribution in [0.2, 0.25) is 0 Å². The molecule has 7 heteroatoms. The molecule has 0 aliphatic carbocycles. The second-order valence-electron chi connectivity index (χ2n) is 4.85. The molecule has 3 nitrogen and oxygen atoms in total. The third kappa shape index (κ3) is 4.92. The van der Waals surface area contributed by atoms with Gasteiger partial charge >= 0.3 is 0 Å². The highest BCUT2D eigenvalue weighted by Gasteiger charge is 2.34. The zero-order chi connectivity index (χ0) is 17.0. The summed E-state index contributed by atoms with van der Waals surface area (Å²) in [5, 5.41) is 12.2.